The summed E-state index contributed by atoms with van der Waals surface area (Å²) in [4.78, 5) is 31.0. The molecular weight excluding hydrogens is 423 g/mol. The van der Waals surface area contributed by atoms with Crippen LogP contribution >= 0.6 is 0 Å². The van der Waals surface area contributed by atoms with Crippen molar-refractivity contribution in [1.29, 1.82) is 0 Å². The van der Waals surface area contributed by atoms with Gasteiger partial charge >= 0.3 is 6.03 Å². The van der Waals surface area contributed by atoms with Crippen molar-refractivity contribution >= 4 is 33.2 Å². The van der Waals surface area contributed by atoms with Crippen LogP contribution in [0.4, 0.5) is 14.9 Å². The molecule has 8 nitrogen and oxygen atoms in total. The van der Waals surface area contributed by atoms with E-state index in [-0.39, 0.29) is 22.5 Å². The topological polar surface area (TPSA) is 99.7 Å². The van der Waals surface area contributed by atoms with Crippen LogP contribution in [0.25, 0.3) is 5.57 Å². The lowest BCUT2D eigenvalue weighted by atomic mass is 10.0. The molecule has 160 valence electrons. The summed E-state index contributed by atoms with van der Waals surface area (Å²) in [6.45, 7) is 1.76. The summed E-state index contributed by atoms with van der Waals surface area (Å²) >= 11 is 0. The molecule has 2 bridgehead atoms. The third kappa shape index (κ3) is 3.18. The van der Waals surface area contributed by atoms with E-state index in [0.29, 0.717) is 10.8 Å². The van der Waals surface area contributed by atoms with Crippen molar-refractivity contribution in [3.63, 3.8) is 0 Å². The number of likely N-dealkylation sites (tertiary alicyclic amines) is 1. The van der Waals surface area contributed by atoms with E-state index < -0.39 is 34.3 Å². The summed E-state index contributed by atoms with van der Waals surface area (Å²) in [6, 6.07) is 3.95. The molecule has 1 aliphatic carbocycles. The van der Waals surface area contributed by atoms with Gasteiger partial charge in [-0.25, -0.2) is 21.9 Å². The predicted octanol–water partition coefficient (Wildman–Crippen LogP) is 2.38. The maximum absolute atomic E-state index is 13.6. The quantitative estimate of drug-likeness (QED) is 0.787. The minimum absolute atomic E-state index is 0.00695. The molecule has 0 unspecified atom stereocenters. The average molecular weight is 442 g/mol. The molecule has 2 aromatic rings. The van der Waals surface area contributed by atoms with Crippen LogP contribution in [0, 0.1) is 18.7 Å². The van der Waals surface area contributed by atoms with Gasteiger partial charge in [0, 0.05) is 18.9 Å². The van der Waals surface area contributed by atoms with Crippen molar-refractivity contribution in [2.24, 2.45) is 5.92 Å². The summed E-state index contributed by atoms with van der Waals surface area (Å²) in [7, 11) is -4.35. The largest absolute Gasteiger partial charge is 0.336 e. The Hall–Kier alpha value is -3.27. The molecule has 0 saturated carbocycles. The number of fused-ring (bicyclic) bond motifs is 3. The third-order valence-corrected chi connectivity index (χ3v) is 7.66. The van der Waals surface area contributed by atoms with E-state index in [2.05, 4.69) is 16.4 Å². The van der Waals surface area contributed by atoms with Crippen LogP contribution in [0.3, 0.4) is 0 Å². The third-order valence-electron chi connectivity index (χ3n) is 5.90. The number of aryl methyl sites for hydroxylation is 1. The summed E-state index contributed by atoms with van der Waals surface area (Å²) in [5.74, 6) is -1.05. The van der Waals surface area contributed by atoms with Crippen LogP contribution in [0.2, 0.25) is 0 Å². The highest BCUT2D eigenvalue weighted by Gasteiger charge is 2.45. The Balaban J connectivity index is 1.40. The second-order valence-corrected chi connectivity index (χ2v) is 9.84. The van der Waals surface area contributed by atoms with E-state index in [9.17, 15) is 22.4 Å². The number of nitrogens with one attached hydrogen (secondary N) is 1. The van der Waals surface area contributed by atoms with E-state index in [1.165, 1.54) is 6.07 Å². The first-order valence-corrected chi connectivity index (χ1v) is 11.2. The minimum atomic E-state index is -4.35. The van der Waals surface area contributed by atoms with E-state index in [1.807, 2.05) is 13.0 Å². The zero-order valence-corrected chi connectivity index (χ0v) is 17.4. The molecule has 1 N–H and O–H groups in total. The van der Waals surface area contributed by atoms with Crippen molar-refractivity contribution in [3.05, 3.63) is 59.7 Å². The summed E-state index contributed by atoms with van der Waals surface area (Å²) < 4.78 is 39.9. The van der Waals surface area contributed by atoms with Gasteiger partial charge in [-0.15, -0.1) is 0 Å². The molecule has 0 spiro atoms. The van der Waals surface area contributed by atoms with Crippen molar-refractivity contribution in [2.75, 3.05) is 18.4 Å². The Morgan fingerprint density at radius 2 is 2.10 bits per heavy atom. The fourth-order valence-corrected chi connectivity index (χ4v) is 5.96. The lowest BCUT2D eigenvalue weighted by Gasteiger charge is -2.33. The number of sulfonamides is 1. The first-order valence-electron chi connectivity index (χ1n) is 9.80. The Bertz CT molecular complexity index is 1260. The van der Waals surface area contributed by atoms with Gasteiger partial charge in [-0.05, 0) is 60.2 Å². The molecule has 1 aromatic heterocycles. The molecule has 2 atom stereocenters. The number of nitrogens with zero attached hydrogens (tertiary/aromatic N) is 3. The van der Waals surface area contributed by atoms with Crippen molar-refractivity contribution < 1.29 is 22.4 Å². The standard InChI is InChI=1S/C21H19FN4O4S/c1-12-4-14(9-23-8-12)16-5-13-6-18(16)25(10-13)20(27)11-26-21(28)24-17-3-2-15(22)7-19(17)31(26,29)30/h2-5,7-9,13,18H,6,10-11H2,1H3,(H,24,28)/t13-,18-/m0/s1. The number of hydrogen-bond acceptors (Lipinski definition) is 5. The molecule has 3 aliphatic rings. The number of rotatable bonds is 3. The second kappa shape index (κ2) is 6.88. The lowest BCUT2D eigenvalue weighted by molar-refractivity contribution is -0.131. The maximum atomic E-state index is 13.6. The summed E-state index contributed by atoms with van der Waals surface area (Å²) in [5, 5.41) is 2.41. The highest BCUT2D eigenvalue weighted by molar-refractivity contribution is 7.90. The Morgan fingerprint density at radius 1 is 1.29 bits per heavy atom. The maximum Gasteiger partial charge on any atom is 0.336 e. The SMILES string of the molecule is Cc1cncc(C2=C[C@H]3C[C@@H]2N(C(=O)CN2C(=O)Nc4ccc(F)cc4S2(=O)=O)C3)c1. The molecule has 3 heterocycles. The highest BCUT2D eigenvalue weighted by atomic mass is 32.2. The van der Waals surface area contributed by atoms with Crippen molar-refractivity contribution in [3.8, 4) is 0 Å². The van der Waals surface area contributed by atoms with Crippen LogP contribution in [0.1, 0.15) is 17.5 Å². The Morgan fingerprint density at radius 3 is 2.84 bits per heavy atom. The number of hydrogen-bond donors (Lipinski definition) is 1. The number of pyridine rings is 1. The molecule has 0 radical (unpaired) electrons. The molecule has 1 aromatic carbocycles. The second-order valence-electron chi connectivity index (χ2n) is 8.01. The van der Waals surface area contributed by atoms with Gasteiger partial charge in [-0.3, -0.25) is 9.78 Å². The number of carbonyl (C=O) groups excluding carboxylic acids is 2. The number of urea groups is 1. The van der Waals surface area contributed by atoms with Gasteiger partial charge in [0.05, 0.1) is 11.7 Å². The van der Waals surface area contributed by atoms with E-state index >= 15 is 0 Å². The van der Waals surface area contributed by atoms with E-state index in [4.69, 9.17) is 0 Å². The van der Waals surface area contributed by atoms with Gasteiger partial charge in [0.25, 0.3) is 10.0 Å². The molecule has 2 aliphatic heterocycles. The van der Waals surface area contributed by atoms with Gasteiger partial charge in [0.1, 0.15) is 17.3 Å². The number of aromatic nitrogens is 1. The molecule has 1 fully saturated rings. The van der Waals surface area contributed by atoms with Gasteiger partial charge in [-0.2, -0.15) is 0 Å². The predicted molar refractivity (Wildman–Crippen MR) is 110 cm³/mol. The molecule has 31 heavy (non-hydrogen) atoms. The number of anilines is 1. The fourth-order valence-electron chi connectivity index (χ4n) is 4.51. The monoisotopic (exact) mass is 442 g/mol. The molecule has 5 rings (SSSR count). The van der Waals surface area contributed by atoms with Crippen molar-refractivity contribution in [2.45, 2.75) is 24.3 Å². The first-order chi connectivity index (χ1) is 14.7. The summed E-state index contributed by atoms with van der Waals surface area (Å²) in [6.07, 6.45) is 6.38. The molecule has 10 heteroatoms. The van der Waals surface area contributed by atoms with Gasteiger partial charge in [-0.1, -0.05) is 6.08 Å². The number of benzene rings is 1. The fraction of sp³-hybridized carbons (Fsp3) is 0.286. The first kappa shape index (κ1) is 19.7. The average Bonchev–Trinajstić information content (AvgIpc) is 3.33. The zero-order valence-electron chi connectivity index (χ0n) is 16.6. The van der Waals surface area contributed by atoms with Gasteiger partial charge in [0.15, 0.2) is 0 Å². The highest BCUT2D eigenvalue weighted by Crippen LogP contribution is 2.42. The van der Waals surface area contributed by atoms with E-state index in [0.717, 1.165) is 35.3 Å². The Kier molecular flexibility index (Phi) is 4.37. The van der Waals surface area contributed by atoms with E-state index in [1.54, 1.807) is 17.3 Å². The van der Waals surface area contributed by atoms with Crippen LogP contribution in [-0.2, 0) is 14.8 Å². The Labute approximate surface area is 178 Å². The molecule has 3 amide bonds. The number of halogens is 1. The normalized spacial score (nSPS) is 23.4. The smallest absolute Gasteiger partial charge is 0.333 e. The van der Waals surface area contributed by atoms with Gasteiger partial charge < -0.3 is 10.2 Å². The van der Waals surface area contributed by atoms with Crippen molar-refractivity contribution in [1.82, 2.24) is 14.2 Å². The van der Waals surface area contributed by atoms with Crippen LogP contribution in [0.5, 0.6) is 0 Å². The summed E-state index contributed by atoms with van der Waals surface area (Å²) in [5.41, 5.74) is 2.91. The van der Waals surface area contributed by atoms with Crippen LogP contribution in [-0.4, -0.2) is 53.7 Å². The lowest BCUT2D eigenvalue weighted by Crippen LogP contribution is -2.50. The number of amides is 3. The molecular formula is C21H19FN4O4S. The number of carbonyl (C=O) groups is 2. The van der Waals surface area contributed by atoms with Crippen LogP contribution < -0.4 is 5.32 Å². The van der Waals surface area contributed by atoms with Crippen LogP contribution in [0.15, 0.2) is 47.6 Å². The molecule has 1 saturated heterocycles. The zero-order chi connectivity index (χ0) is 21.9. The minimum Gasteiger partial charge on any atom is -0.333 e. The van der Waals surface area contributed by atoms with Gasteiger partial charge in [0.2, 0.25) is 5.91 Å².